The van der Waals surface area contributed by atoms with Crippen LogP contribution >= 0.6 is 0 Å². The Kier molecular flexibility index (Phi) is 2.25. The SMILES string of the molecule is Cc1cn[nH]c1C(=O)N1CC(CN)C1. The molecule has 5 heteroatoms. The molecule has 1 aromatic heterocycles. The van der Waals surface area contributed by atoms with Crippen LogP contribution in [0.25, 0.3) is 0 Å². The van der Waals surface area contributed by atoms with Gasteiger partial charge in [-0.15, -0.1) is 0 Å². The molecule has 2 rings (SSSR count). The van der Waals surface area contributed by atoms with Crippen molar-refractivity contribution >= 4 is 5.91 Å². The summed E-state index contributed by atoms with van der Waals surface area (Å²) in [6.45, 7) is 4.07. The average molecular weight is 194 g/mol. The first-order valence-corrected chi connectivity index (χ1v) is 4.71. The van der Waals surface area contributed by atoms with Crippen molar-refractivity contribution in [1.29, 1.82) is 0 Å². The standard InChI is InChI=1S/C9H14N4O/c1-6-3-11-12-8(6)9(14)13-4-7(2-10)5-13/h3,7H,2,4-5,10H2,1H3,(H,11,12). The van der Waals surface area contributed by atoms with Crippen LogP contribution in [0.3, 0.4) is 0 Å². The van der Waals surface area contributed by atoms with Gasteiger partial charge < -0.3 is 10.6 Å². The number of amides is 1. The first-order valence-electron chi connectivity index (χ1n) is 4.71. The Hall–Kier alpha value is -1.36. The van der Waals surface area contributed by atoms with E-state index in [-0.39, 0.29) is 5.91 Å². The second kappa shape index (κ2) is 3.42. The minimum Gasteiger partial charge on any atom is -0.337 e. The largest absolute Gasteiger partial charge is 0.337 e. The summed E-state index contributed by atoms with van der Waals surface area (Å²) in [7, 11) is 0. The van der Waals surface area contributed by atoms with Gasteiger partial charge in [0.05, 0.1) is 6.20 Å². The molecule has 0 spiro atoms. The molecule has 76 valence electrons. The van der Waals surface area contributed by atoms with E-state index in [1.807, 2.05) is 6.92 Å². The normalized spacial score (nSPS) is 16.9. The fourth-order valence-electron chi connectivity index (χ4n) is 1.61. The van der Waals surface area contributed by atoms with Gasteiger partial charge in [-0.3, -0.25) is 9.89 Å². The molecule has 1 amide bonds. The minimum atomic E-state index is 0.0321. The maximum Gasteiger partial charge on any atom is 0.272 e. The van der Waals surface area contributed by atoms with Crippen LogP contribution in [0.1, 0.15) is 16.1 Å². The summed E-state index contributed by atoms with van der Waals surface area (Å²) in [4.78, 5) is 13.6. The van der Waals surface area contributed by atoms with Gasteiger partial charge in [-0.05, 0) is 19.0 Å². The van der Waals surface area contributed by atoms with E-state index >= 15 is 0 Å². The Morgan fingerprint density at radius 3 is 3.00 bits per heavy atom. The van der Waals surface area contributed by atoms with Gasteiger partial charge in [0.1, 0.15) is 5.69 Å². The number of rotatable bonds is 2. The molecule has 5 nitrogen and oxygen atoms in total. The van der Waals surface area contributed by atoms with Crippen LogP contribution in [-0.2, 0) is 0 Å². The summed E-state index contributed by atoms with van der Waals surface area (Å²) < 4.78 is 0. The van der Waals surface area contributed by atoms with E-state index in [9.17, 15) is 4.79 Å². The first-order chi connectivity index (χ1) is 6.72. The zero-order chi connectivity index (χ0) is 10.1. The third kappa shape index (κ3) is 1.39. The predicted molar refractivity (Wildman–Crippen MR) is 51.8 cm³/mol. The highest BCUT2D eigenvalue weighted by molar-refractivity contribution is 5.94. The number of carbonyl (C=O) groups excluding carboxylic acids is 1. The third-order valence-corrected chi connectivity index (χ3v) is 2.62. The van der Waals surface area contributed by atoms with Crippen LogP contribution in [0.5, 0.6) is 0 Å². The Morgan fingerprint density at radius 1 is 1.79 bits per heavy atom. The Bertz CT molecular complexity index is 340. The molecule has 1 aromatic rings. The lowest BCUT2D eigenvalue weighted by molar-refractivity contribution is 0.0508. The maximum absolute atomic E-state index is 11.8. The van der Waals surface area contributed by atoms with E-state index in [1.165, 1.54) is 0 Å². The third-order valence-electron chi connectivity index (χ3n) is 2.62. The van der Waals surface area contributed by atoms with Crippen molar-refractivity contribution < 1.29 is 4.79 Å². The molecule has 0 bridgehead atoms. The molecular weight excluding hydrogens is 180 g/mol. The van der Waals surface area contributed by atoms with Gasteiger partial charge in [0.15, 0.2) is 0 Å². The molecule has 1 saturated heterocycles. The lowest BCUT2D eigenvalue weighted by Gasteiger charge is -2.38. The Labute approximate surface area is 82.3 Å². The van der Waals surface area contributed by atoms with Crippen LogP contribution in [0, 0.1) is 12.8 Å². The summed E-state index contributed by atoms with van der Waals surface area (Å²) in [5.74, 6) is 0.506. The summed E-state index contributed by atoms with van der Waals surface area (Å²) in [5, 5.41) is 6.54. The number of H-pyrrole nitrogens is 1. The highest BCUT2D eigenvalue weighted by atomic mass is 16.2. The number of aromatic amines is 1. The maximum atomic E-state index is 11.8. The molecule has 1 fully saturated rings. The molecule has 2 heterocycles. The van der Waals surface area contributed by atoms with Gasteiger partial charge in [-0.25, -0.2) is 0 Å². The van der Waals surface area contributed by atoms with E-state index in [0.717, 1.165) is 18.7 Å². The van der Waals surface area contributed by atoms with Gasteiger partial charge in [0.25, 0.3) is 5.91 Å². The number of likely N-dealkylation sites (tertiary alicyclic amines) is 1. The highest BCUT2D eigenvalue weighted by Crippen LogP contribution is 2.17. The van der Waals surface area contributed by atoms with E-state index in [0.29, 0.717) is 18.2 Å². The van der Waals surface area contributed by atoms with Crippen LogP contribution < -0.4 is 5.73 Å². The molecule has 0 atom stereocenters. The molecule has 14 heavy (non-hydrogen) atoms. The number of nitrogens with two attached hydrogens (primary N) is 1. The summed E-state index contributed by atoms with van der Waals surface area (Å²) in [5.41, 5.74) is 6.98. The van der Waals surface area contributed by atoms with E-state index in [2.05, 4.69) is 10.2 Å². The zero-order valence-electron chi connectivity index (χ0n) is 8.16. The molecule has 1 aliphatic heterocycles. The highest BCUT2D eigenvalue weighted by Gasteiger charge is 2.31. The second-order valence-corrected chi connectivity index (χ2v) is 3.74. The molecule has 1 aliphatic rings. The fraction of sp³-hybridized carbons (Fsp3) is 0.556. The monoisotopic (exact) mass is 194 g/mol. The number of aryl methyl sites for hydroxylation is 1. The van der Waals surface area contributed by atoms with E-state index in [4.69, 9.17) is 5.73 Å². The topological polar surface area (TPSA) is 75.0 Å². The molecule has 0 aromatic carbocycles. The van der Waals surface area contributed by atoms with Crippen molar-refractivity contribution in [3.63, 3.8) is 0 Å². The van der Waals surface area contributed by atoms with Gasteiger partial charge >= 0.3 is 0 Å². The number of nitrogens with zero attached hydrogens (tertiary/aromatic N) is 2. The van der Waals surface area contributed by atoms with Crippen LogP contribution in [0.15, 0.2) is 6.20 Å². The van der Waals surface area contributed by atoms with Crippen molar-refractivity contribution in [2.24, 2.45) is 11.7 Å². The Morgan fingerprint density at radius 2 is 2.50 bits per heavy atom. The molecule has 0 saturated carbocycles. The first kappa shape index (κ1) is 9.21. The lowest BCUT2D eigenvalue weighted by atomic mass is 10.00. The molecular formula is C9H14N4O. The van der Waals surface area contributed by atoms with Crippen molar-refractivity contribution in [3.05, 3.63) is 17.5 Å². The lowest BCUT2D eigenvalue weighted by Crippen LogP contribution is -2.52. The zero-order valence-corrected chi connectivity index (χ0v) is 8.16. The van der Waals surface area contributed by atoms with Crippen molar-refractivity contribution in [1.82, 2.24) is 15.1 Å². The summed E-state index contributed by atoms with van der Waals surface area (Å²) in [6.07, 6.45) is 1.66. The van der Waals surface area contributed by atoms with Crippen molar-refractivity contribution in [3.8, 4) is 0 Å². The number of aromatic nitrogens is 2. The molecule has 0 aliphatic carbocycles. The van der Waals surface area contributed by atoms with Gasteiger partial charge in [-0.2, -0.15) is 5.10 Å². The number of carbonyl (C=O) groups is 1. The molecule has 0 radical (unpaired) electrons. The second-order valence-electron chi connectivity index (χ2n) is 3.74. The predicted octanol–water partition coefficient (Wildman–Crippen LogP) is -0.251. The van der Waals surface area contributed by atoms with Crippen LogP contribution in [0.4, 0.5) is 0 Å². The number of nitrogens with one attached hydrogen (secondary N) is 1. The molecule has 0 unspecified atom stereocenters. The summed E-state index contributed by atoms with van der Waals surface area (Å²) in [6, 6.07) is 0. The smallest absolute Gasteiger partial charge is 0.272 e. The van der Waals surface area contributed by atoms with Gasteiger partial charge in [0.2, 0.25) is 0 Å². The van der Waals surface area contributed by atoms with Crippen molar-refractivity contribution in [2.45, 2.75) is 6.92 Å². The van der Waals surface area contributed by atoms with Crippen LogP contribution in [0.2, 0.25) is 0 Å². The quantitative estimate of drug-likeness (QED) is 0.681. The molecule has 3 N–H and O–H groups in total. The van der Waals surface area contributed by atoms with Crippen molar-refractivity contribution in [2.75, 3.05) is 19.6 Å². The van der Waals surface area contributed by atoms with Gasteiger partial charge in [0, 0.05) is 19.0 Å². The number of hydrogen-bond donors (Lipinski definition) is 2. The van der Waals surface area contributed by atoms with E-state index in [1.54, 1.807) is 11.1 Å². The fourth-order valence-corrected chi connectivity index (χ4v) is 1.61. The number of hydrogen-bond acceptors (Lipinski definition) is 3. The minimum absolute atomic E-state index is 0.0321. The van der Waals surface area contributed by atoms with E-state index < -0.39 is 0 Å². The van der Waals surface area contributed by atoms with Crippen LogP contribution in [-0.4, -0.2) is 40.6 Å². The average Bonchev–Trinajstić information content (AvgIpc) is 2.49. The van der Waals surface area contributed by atoms with Gasteiger partial charge in [-0.1, -0.05) is 0 Å². The summed E-state index contributed by atoms with van der Waals surface area (Å²) >= 11 is 0. The Balaban J connectivity index is 2.01.